The first-order chi connectivity index (χ1) is 12.5. The predicted molar refractivity (Wildman–Crippen MR) is 107 cm³/mol. The summed E-state index contributed by atoms with van der Waals surface area (Å²) in [4.78, 5) is 0.397. The number of hydrogen-bond acceptors (Lipinski definition) is 2. The first-order valence-corrected chi connectivity index (χ1v) is 10.7. The highest BCUT2D eigenvalue weighted by Gasteiger charge is 2.39. The number of rotatable bonds is 6. The zero-order valence-electron chi connectivity index (χ0n) is 15.5. The van der Waals surface area contributed by atoms with Gasteiger partial charge in [-0.25, -0.2) is 8.42 Å². The van der Waals surface area contributed by atoms with Crippen molar-refractivity contribution < 1.29 is 8.42 Å². The third-order valence-electron chi connectivity index (χ3n) is 5.19. The van der Waals surface area contributed by atoms with E-state index in [2.05, 4.69) is 18.2 Å². The van der Waals surface area contributed by atoms with Gasteiger partial charge in [-0.1, -0.05) is 60.2 Å². The SMILES string of the molecule is C/C=C/[C@@H]1CCN(S(=O)(=O)c2ccc(C)cc2)[C@H]1CCc1ccccc1. The summed E-state index contributed by atoms with van der Waals surface area (Å²) in [6, 6.07) is 17.5. The number of nitrogens with zero attached hydrogens (tertiary/aromatic N) is 1. The average molecular weight is 370 g/mol. The van der Waals surface area contributed by atoms with Crippen molar-refractivity contribution in [3.8, 4) is 0 Å². The molecule has 3 rings (SSSR count). The fourth-order valence-corrected chi connectivity index (χ4v) is 5.50. The summed E-state index contributed by atoms with van der Waals surface area (Å²) >= 11 is 0. The first-order valence-electron chi connectivity index (χ1n) is 9.27. The lowest BCUT2D eigenvalue weighted by Crippen LogP contribution is -2.38. The zero-order valence-corrected chi connectivity index (χ0v) is 16.3. The Balaban J connectivity index is 1.85. The molecule has 0 radical (unpaired) electrons. The van der Waals surface area contributed by atoms with Crippen LogP contribution in [0.5, 0.6) is 0 Å². The maximum absolute atomic E-state index is 13.2. The third kappa shape index (κ3) is 4.08. The third-order valence-corrected chi connectivity index (χ3v) is 7.12. The van der Waals surface area contributed by atoms with Gasteiger partial charge >= 0.3 is 0 Å². The Morgan fingerprint density at radius 3 is 2.42 bits per heavy atom. The van der Waals surface area contributed by atoms with E-state index in [0.717, 1.165) is 24.8 Å². The van der Waals surface area contributed by atoms with Crippen LogP contribution in [0.1, 0.15) is 30.9 Å². The van der Waals surface area contributed by atoms with Gasteiger partial charge in [0.15, 0.2) is 0 Å². The van der Waals surface area contributed by atoms with Gasteiger partial charge in [0.2, 0.25) is 10.0 Å². The molecule has 2 atom stereocenters. The van der Waals surface area contributed by atoms with E-state index < -0.39 is 10.0 Å². The Bertz CT molecular complexity index is 841. The Labute approximate surface area is 157 Å². The van der Waals surface area contributed by atoms with E-state index in [1.54, 1.807) is 16.4 Å². The van der Waals surface area contributed by atoms with Gasteiger partial charge in [-0.2, -0.15) is 4.31 Å². The second kappa shape index (κ2) is 8.19. The van der Waals surface area contributed by atoms with Gasteiger partial charge in [0.25, 0.3) is 0 Å². The van der Waals surface area contributed by atoms with Crippen LogP contribution >= 0.6 is 0 Å². The van der Waals surface area contributed by atoms with Crippen LogP contribution in [-0.2, 0) is 16.4 Å². The molecule has 0 aromatic heterocycles. The van der Waals surface area contributed by atoms with Crippen LogP contribution in [0.15, 0.2) is 71.6 Å². The Hall–Kier alpha value is -1.91. The Morgan fingerprint density at radius 1 is 1.08 bits per heavy atom. The van der Waals surface area contributed by atoms with Crippen molar-refractivity contribution in [1.82, 2.24) is 4.31 Å². The maximum Gasteiger partial charge on any atom is 0.243 e. The van der Waals surface area contributed by atoms with E-state index in [9.17, 15) is 8.42 Å². The quantitative estimate of drug-likeness (QED) is 0.699. The molecule has 138 valence electrons. The van der Waals surface area contributed by atoms with Crippen LogP contribution < -0.4 is 0 Å². The molecule has 0 unspecified atom stereocenters. The monoisotopic (exact) mass is 369 g/mol. The second-order valence-corrected chi connectivity index (χ2v) is 8.89. The molecule has 1 fully saturated rings. The molecule has 0 N–H and O–H groups in total. The van der Waals surface area contributed by atoms with Crippen molar-refractivity contribution in [3.63, 3.8) is 0 Å². The molecule has 2 aromatic carbocycles. The summed E-state index contributed by atoms with van der Waals surface area (Å²) in [6.07, 6.45) is 6.82. The molecular formula is C22H27NO2S. The minimum atomic E-state index is -3.46. The van der Waals surface area contributed by atoms with E-state index in [1.165, 1.54) is 5.56 Å². The highest BCUT2D eigenvalue weighted by molar-refractivity contribution is 7.89. The molecule has 0 saturated carbocycles. The van der Waals surface area contributed by atoms with Gasteiger partial charge in [-0.3, -0.25) is 0 Å². The van der Waals surface area contributed by atoms with Crippen LogP contribution in [0.2, 0.25) is 0 Å². The minimum absolute atomic E-state index is 0.0118. The summed E-state index contributed by atoms with van der Waals surface area (Å²) in [5.41, 5.74) is 2.32. The number of aryl methyl sites for hydroxylation is 2. The molecule has 1 aliphatic heterocycles. The van der Waals surface area contributed by atoms with Gasteiger partial charge in [0.1, 0.15) is 0 Å². The van der Waals surface area contributed by atoms with Gasteiger partial charge in [0.05, 0.1) is 4.90 Å². The predicted octanol–water partition coefficient (Wildman–Crippen LogP) is 4.58. The number of benzene rings is 2. The van der Waals surface area contributed by atoms with Crippen LogP contribution in [-0.4, -0.2) is 25.3 Å². The minimum Gasteiger partial charge on any atom is -0.207 e. The molecule has 2 aromatic rings. The van der Waals surface area contributed by atoms with Crippen molar-refractivity contribution >= 4 is 10.0 Å². The Morgan fingerprint density at radius 2 is 1.77 bits per heavy atom. The van der Waals surface area contributed by atoms with Crippen LogP contribution in [0, 0.1) is 12.8 Å². The molecule has 1 aliphatic rings. The average Bonchev–Trinajstić information content (AvgIpc) is 3.05. The van der Waals surface area contributed by atoms with Gasteiger partial charge in [0, 0.05) is 12.6 Å². The standard InChI is InChI=1S/C22H27NO2S/c1-3-7-20-16-17-23(22(20)15-12-19-8-5-4-6-9-19)26(24,25)21-13-10-18(2)11-14-21/h3-11,13-14,20,22H,12,15-17H2,1-2H3/b7-3+/t20-,22+/m1/s1. The van der Waals surface area contributed by atoms with Crippen LogP contribution in [0.4, 0.5) is 0 Å². The molecule has 1 heterocycles. The summed E-state index contributed by atoms with van der Waals surface area (Å²) in [5, 5.41) is 0. The van der Waals surface area contributed by atoms with E-state index in [4.69, 9.17) is 0 Å². The normalized spacial score (nSPS) is 21.5. The molecule has 26 heavy (non-hydrogen) atoms. The van der Waals surface area contributed by atoms with Crippen molar-refractivity contribution in [3.05, 3.63) is 77.9 Å². The molecule has 0 aliphatic carbocycles. The van der Waals surface area contributed by atoms with Crippen molar-refractivity contribution in [2.45, 2.75) is 44.0 Å². The fourth-order valence-electron chi connectivity index (χ4n) is 3.78. The van der Waals surface area contributed by atoms with Gasteiger partial charge in [-0.15, -0.1) is 0 Å². The highest BCUT2D eigenvalue weighted by atomic mass is 32.2. The Kier molecular flexibility index (Phi) is 5.94. The van der Waals surface area contributed by atoms with Gasteiger partial charge in [-0.05, 0) is 56.7 Å². The molecule has 4 heteroatoms. The number of allylic oxidation sites excluding steroid dienone is 1. The first kappa shape index (κ1) is 18.9. The molecule has 1 saturated heterocycles. The van der Waals surface area contributed by atoms with Crippen LogP contribution in [0.3, 0.4) is 0 Å². The lowest BCUT2D eigenvalue weighted by Gasteiger charge is -2.27. The van der Waals surface area contributed by atoms with Crippen LogP contribution in [0.25, 0.3) is 0 Å². The van der Waals surface area contributed by atoms with E-state index in [0.29, 0.717) is 11.4 Å². The lowest BCUT2D eigenvalue weighted by atomic mass is 9.94. The van der Waals surface area contributed by atoms with Crippen molar-refractivity contribution in [2.24, 2.45) is 5.92 Å². The fraction of sp³-hybridized carbons (Fsp3) is 0.364. The smallest absolute Gasteiger partial charge is 0.207 e. The number of hydrogen-bond donors (Lipinski definition) is 0. The maximum atomic E-state index is 13.2. The summed E-state index contributed by atoms with van der Waals surface area (Å²) in [6.45, 7) is 4.56. The topological polar surface area (TPSA) is 37.4 Å². The molecular weight excluding hydrogens is 342 g/mol. The largest absolute Gasteiger partial charge is 0.243 e. The lowest BCUT2D eigenvalue weighted by molar-refractivity contribution is 0.344. The van der Waals surface area contributed by atoms with E-state index in [-0.39, 0.29) is 12.0 Å². The molecule has 0 spiro atoms. The zero-order chi connectivity index (χ0) is 18.6. The summed E-state index contributed by atoms with van der Waals surface area (Å²) in [5.74, 6) is 0.281. The molecule has 0 bridgehead atoms. The number of sulfonamides is 1. The molecule has 0 amide bonds. The van der Waals surface area contributed by atoms with E-state index in [1.807, 2.05) is 50.3 Å². The second-order valence-electron chi connectivity index (χ2n) is 7.00. The van der Waals surface area contributed by atoms with Crippen molar-refractivity contribution in [2.75, 3.05) is 6.54 Å². The highest BCUT2D eigenvalue weighted by Crippen LogP contribution is 2.34. The summed E-state index contributed by atoms with van der Waals surface area (Å²) in [7, 11) is -3.46. The van der Waals surface area contributed by atoms with Gasteiger partial charge < -0.3 is 0 Å². The van der Waals surface area contributed by atoms with Crippen molar-refractivity contribution in [1.29, 1.82) is 0 Å². The van der Waals surface area contributed by atoms with E-state index >= 15 is 0 Å². The summed E-state index contributed by atoms with van der Waals surface area (Å²) < 4.78 is 28.2. The molecule has 3 nitrogen and oxygen atoms in total.